The minimum Gasteiger partial charge on any atom is -0.397 e. The summed E-state index contributed by atoms with van der Waals surface area (Å²) >= 11 is 11.5. The molecule has 6 heteroatoms. The lowest BCUT2D eigenvalue weighted by Crippen LogP contribution is -2.14. The molecule has 4 nitrogen and oxygen atoms in total. The monoisotopic (exact) mass is 281 g/mol. The standard InChI is InChI=1S/C12H9Cl2N3O/c13-7-2-1-3-8(4-7)17-12(18)9-5-11(14)16-6-10(9)15/h1-6H,15H2,(H,17,18). The molecule has 1 amide bonds. The van der Waals surface area contributed by atoms with Crippen molar-refractivity contribution in [2.45, 2.75) is 0 Å². The summed E-state index contributed by atoms with van der Waals surface area (Å²) in [5, 5.41) is 3.42. The van der Waals surface area contributed by atoms with Crippen LogP contribution < -0.4 is 11.1 Å². The molecule has 0 atom stereocenters. The van der Waals surface area contributed by atoms with Crippen molar-refractivity contribution in [2.75, 3.05) is 11.1 Å². The maximum Gasteiger partial charge on any atom is 0.257 e. The van der Waals surface area contributed by atoms with Crippen LogP contribution in [-0.2, 0) is 0 Å². The molecular weight excluding hydrogens is 273 g/mol. The van der Waals surface area contributed by atoms with Gasteiger partial charge in [0.1, 0.15) is 5.15 Å². The van der Waals surface area contributed by atoms with Gasteiger partial charge in [0.2, 0.25) is 0 Å². The van der Waals surface area contributed by atoms with E-state index in [-0.39, 0.29) is 22.3 Å². The van der Waals surface area contributed by atoms with Crippen molar-refractivity contribution < 1.29 is 4.79 Å². The predicted molar refractivity (Wildman–Crippen MR) is 73.1 cm³/mol. The molecule has 92 valence electrons. The Bertz CT molecular complexity index is 602. The number of carbonyl (C=O) groups is 1. The summed E-state index contributed by atoms with van der Waals surface area (Å²) < 4.78 is 0. The first kappa shape index (κ1) is 12.7. The molecule has 1 aromatic heterocycles. The van der Waals surface area contributed by atoms with E-state index in [4.69, 9.17) is 28.9 Å². The highest BCUT2D eigenvalue weighted by atomic mass is 35.5. The molecule has 0 fully saturated rings. The van der Waals surface area contributed by atoms with Crippen LogP contribution in [0.5, 0.6) is 0 Å². The Morgan fingerprint density at radius 1 is 1.28 bits per heavy atom. The molecule has 2 rings (SSSR count). The molecule has 0 radical (unpaired) electrons. The van der Waals surface area contributed by atoms with Crippen LogP contribution in [0.4, 0.5) is 11.4 Å². The normalized spacial score (nSPS) is 10.1. The number of hydrogen-bond donors (Lipinski definition) is 2. The Balaban J connectivity index is 2.24. The lowest BCUT2D eigenvalue weighted by Gasteiger charge is -2.07. The Morgan fingerprint density at radius 3 is 2.78 bits per heavy atom. The van der Waals surface area contributed by atoms with Crippen LogP contribution in [0.2, 0.25) is 10.2 Å². The van der Waals surface area contributed by atoms with E-state index in [2.05, 4.69) is 10.3 Å². The molecule has 1 aromatic carbocycles. The van der Waals surface area contributed by atoms with Crippen molar-refractivity contribution in [3.8, 4) is 0 Å². The fraction of sp³-hybridized carbons (Fsp3) is 0. The average molecular weight is 282 g/mol. The number of pyridine rings is 1. The van der Waals surface area contributed by atoms with Crippen molar-refractivity contribution in [3.63, 3.8) is 0 Å². The number of anilines is 2. The predicted octanol–water partition coefficient (Wildman–Crippen LogP) is 3.22. The molecule has 0 aliphatic carbocycles. The van der Waals surface area contributed by atoms with E-state index in [0.29, 0.717) is 10.7 Å². The second-order valence-electron chi connectivity index (χ2n) is 3.56. The molecular formula is C12H9Cl2N3O. The molecule has 0 saturated heterocycles. The smallest absolute Gasteiger partial charge is 0.257 e. The minimum atomic E-state index is -0.362. The fourth-order valence-electron chi connectivity index (χ4n) is 1.40. The van der Waals surface area contributed by atoms with Gasteiger partial charge in [0, 0.05) is 10.7 Å². The quantitative estimate of drug-likeness (QED) is 0.831. The van der Waals surface area contributed by atoms with Crippen LogP contribution in [0.15, 0.2) is 36.5 Å². The highest BCUT2D eigenvalue weighted by Crippen LogP contribution is 2.19. The summed E-state index contributed by atoms with van der Waals surface area (Å²) in [7, 11) is 0. The van der Waals surface area contributed by atoms with Crippen molar-refractivity contribution >= 4 is 40.5 Å². The molecule has 0 unspecified atom stereocenters. The van der Waals surface area contributed by atoms with E-state index < -0.39 is 0 Å². The van der Waals surface area contributed by atoms with Gasteiger partial charge >= 0.3 is 0 Å². The lowest BCUT2D eigenvalue weighted by atomic mass is 10.2. The van der Waals surface area contributed by atoms with Gasteiger partial charge in [0.25, 0.3) is 5.91 Å². The number of nitrogens with two attached hydrogens (primary N) is 1. The Labute approximate surface area is 114 Å². The SMILES string of the molecule is Nc1cnc(Cl)cc1C(=O)Nc1cccc(Cl)c1. The number of aromatic nitrogens is 1. The van der Waals surface area contributed by atoms with Crippen LogP contribution in [-0.4, -0.2) is 10.9 Å². The third-order valence-electron chi connectivity index (χ3n) is 2.23. The molecule has 0 saturated carbocycles. The van der Waals surface area contributed by atoms with Crippen molar-refractivity contribution in [2.24, 2.45) is 0 Å². The maximum absolute atomic E-state index is 12.0. The fourth-order valence-corrected chi connectivity index (χ4v) is 1.75. The number of rotatable bonds is 2. The van der Waals surface area contributed by atoms with E-state index in [1.54, 1.807) is 24.3 Å². The number of halogens is 2. The summed E-state index contributed by atoms with van der Waals surface area (Å²) in [5.41, 5.74) is 6.79. The zero-order valence-corrected chi connectivity index (χ0v) is 10.7. The van der Waals surface area contributed by atoms with Crippen LogP contribution in [0.1, 0.15) is 10.4 Å². The molecule has 0 spiro atoms. The zero-order valence-electron chi connectivity index (χ0n) is 9.15. The van der Waals surface area contributed by atoms with Gasteiger partial charge < -0.3 is 11.1 Å². The van der Waals surface area contributed by atoms with Crippen molar-refractivity contribution in [3.05, 3.63) is 52.3 Å². The summed E-state index contributed by atoms with van der Waals surface area (Å²) in [4.78, 5) is 15.8. The van der Waals surface area contributed by atoms with Crippen LogP contribution in [0.3, 0.4) is 0 Å². The minimum absolute atomic E-state index is 0.209. The first-order chi connectivity index (χ1) is 8.56. The van der Waals surface area contributed by atoms with E-state index in [1.165, 1.54) is 12.3 Å². The number of hydrogen-bond acceptors (Lipinski definition) is 3. The van der Waals surface area contributed by atoms with Gasteiger partial charge in [-0.15, -0.1) is 0 Å². The number of carbonyl (C=O) groups excluding carboxylic acids is 1. The van der Waals surface area contributed by atoms with E-state index >= 15 is 0 Å². The Hall–Kier alpha value is -1.78. The Morgan fingerprint density at radius 2 is 2.06 bits per heavy atom. The molecule has 3 N–H and O–H groups in total. The van der Waals surface area contributed by atoms with Gasteiger partial charge in [0.05, 0.1) is 17.4 Å². The van der Waals surface area contributed by atoms with Gasteiger partial charge in [-0.3, -0.25) is 4.79 Å². The zero-order chi connectivity index (χ0) is 13.1. The molecule has 1 heterocycles. The lowest BCUT2D eigenvalue weighted by molar-refractivity contribution is 0.102. The molecule has 2 aromatic rings. The third-order valence-corrected chi connectivity index (χ3v) is 2.67. The summed E-state index contributed by atoms with van der Waals surface area (Å²) in [6.07, 6.45) is 1.34. The van der Waals surface area contributed by atoms with Gasteiger partial charge in [-0.25, -0.2) is 4.98 Å². The highest BCUT2D eigenvalue weighted by Gasteiger charge is 2.11. The topological polar surface area (TPSA) is 68.0 Å². The Kier molecular flexibility index (Phi) is 3.69. The van der Waals surface area contributed by atoms with Gasteiger partial charge in [-0.2, -0.15) is 0 Å². The average Bonchev–Trinajstić information content (AvgIpc) is 2.32. The van der Waals surface area contributed by atoms with Crippen LogP contribution in [0.25, 0.3) is 0 Å². The number of nitrogen functional groups attached to an aromatic ring is 1. The van der Waals surface area contributed by atoms with E-state index in [1.807, 2.05) is 0 Å². The van der Waals surface area contributed by atoms with Crippen LogP contribution in [0, 0.1) is 0 Å². The van der Waals surface area contributed by atoms with Crippen LogP contribution >= 0.6 is 23.2 Å². The maximum atomic E-state index is 12.0. The first-order valence-corrected chi connectivity index (χ1v) is 5.80. The van der Waals surface area contributed by atoms with Gasteiger partial charge in [-0.1, -0.05) is 29.3 Å². The number of nitrogens with one attached hydrogen (secondary N) is 1. The van der Waals surface area contributed by atoms with Gasteiger partial charge in [-0.05, 0) is 24.3 Å². The largest absolute Gasteiger partial charge is 0.397 e. The number of benzene rings is 1. The molecule has 0 aliphatic heterocycles. The van der Waals surface area contributed by atoms with Crippen molar-refractivity contribution in [1.29, 1.82) is 0 Å². The number of nitrogens with zero attached hydrogens (tertiary/aromatic N) is 1. The first-order valence-electron chi connectivity index (χ1n) is 5.04. The second kappa shape index (κ2) is 5.25. The molecule has 18 heavy (non-hydrogen) atoms. The van der Waals surface area contributed by atoms with Gasteiger partial charge in [0.15, 0.2) is 0 Å². The second-order valence-corrected chi connectivity index (χ2v) is 4.38. The van der Waals surface area contributed by atoms with E-state index in [9.17, 15) is 4.79 Å². The summed E-state index contributed by atoms with van der Waals surface area (Å²) in [5.74, 6) is -0.362. The highest BCUT2D eigenvalue weighted by molar-refractivity contribution is 6.31. The summed E-state index contributed by atoms with van der Waals surface area (Å²) in [6.45, 7) is 0. The summed E-state index contributed by atoms with van der Waals surface area (Å²) in [6, 6.07) is 8.23. The molecule has 0 bridgehead atoms. The van der Waals surface area contributed by atoms with Crippen molar-refractivity contribution in [1.82, 2.24) is 4.98 Å². The van der Waals surface area contributed by atoms with E-state index in [0.717, 1.165) is 0 Å². The molecule has 0 aliphatic rings. The third kappa shape index (κ3) is 2.91. The number of amides is 1.